The zero-order chi connectivity index (χ0) is 14.4. The Morgan fingerprint density at radius 1 is 1.25 bits per heavy atom. The zero-order valence-corrected chi connectivity index (χ0v) is 11.9. The standard InChI is InChI=1S/C14H18N2O3S/c17-13(16-6-8-20-9-7-16)12(15-14(18)19)10-11-4-2-1-3-5-11/h1-5,12,15H,6-10H2,(H,18,19). The molecule has 108 valence electrons. The van der Waals surface area contributed by atoms with Crippen LogP contribution in [0.1, 0.15) is 5.56 Å². The van der Waals surface area contributed by atoms with Crippen molar-refractivity contribution in [3.8, 4) is 0 Å². The van der Waals surface area contributed by atoms with Crippen LogP contribution in [-0.2, 0) is 11.2 Å². The predicted octanol–water partition coefficient (Wildman–Crippen LogP) is 1.44. The van der Waals surface area contributed by atoms with Crippen molar-refractivity contribution in [2.45, 2.75) is 12.5 Å². The second-order valence-electron chi connectivity index (χ2n) is 4.63. The number of hydrogen-bond donors (Lipinski definition) is 2. The molecule has 0 radical (unpaired) electrons. The molecule has 1 saturated heterocycles. The van der Waals surface area contributed by atoms with E-state index in [0.29, 0.717) is 19.5 Å². The van der Waals surface area contributed by atoms with Gasteiger partial charge in [-0.05, 0) is 5.56 Å². The van der Waals surface area contributed by atoms with Crippen LogP contribution in [0.3, 0.4) is 0 Å². The largest absolute Gasteiger partial charge is 0.465 e. The van der Waals surface area contributed by atoms with Gasteiger partial charge in [0.15, 0.2) is 0 Å². The van der Waals surface area contributed by atoms with Crippen molar-refractivity contribution >= 4 is 23.8 Å². The van der Waals surface area contributed by atoms with Crippen molar-refractivity contribution in [3.05, 3.63) is 35.9 Å². The lowest BCUT2D eigenvalue weighted by atomic mass is 10.0. The Labute approximate surface area is 122 Å². The van der Waals surface area contributed by atoms with Crippen molar-refractivity contribution in [3.63, 3.8) is 0 Å². The second kappa shape index (κ2) is 7.19. The van der Waals surface area contributed by atoms with E-state index in [9.17, 15) is 9.59 Å². The van der Waals surface area contributed by atoms with E-state index in [1.54, 1.807) is 4.90 Å². The highest BCUT2D eigenvalue weighted by atomic mass is 32.2. The molecule has 1 aliphatic heterocycles. The minimum absolute atomic E-state index is 0.128. The third-order valence-corrected chi connectivity index (χ3v) is 4.14. The van der Waals surface area contributed by atoms with Gasteiger partial charge in [0, 0.05) is 31.0 Å². The predicted molar refractivity (Wildman–Crippen MR) is 79.0 cm³/mol. The molecule has 1 unspecified atom stereocenters. The van der Waals surface area contributed by atoms with E-state index in [1.807, 2.05) is 42.1 Å². The molecule has 1 aromatic rings. The number of thioether (sulfide) groups is 1. The van der Waals surface area contributed by atoms with Crippen LogP contribution in [0.15, 0.2) is 30.3 Å². The molecule has 6 heteroatoms. The maximum atomic E-state index is 12.4. The summed E-state index contributed by atoms with van der Waals surface area (Å²) >= 11 is 1.82. The van der Waals surface area contributed by atoms with Crippen molar-refractivity contribution < 1.29 is 14.7 Å². The Morgan fingerprint density at radius 2 is 1.90 bits per heavy atom. The zero-order valence-electron chi connectivity index (χ0n) is 11.1. The topological polar surface area (TPSA) is 69.6 Å². The third kappa shape index (κ3) is 4.16. The van der Waals surface area contributed by atoms with Crippen LogP contribution in [0.4, 0.5) is 4.79 Å². The number of nitrogens with one attached hydrogen (secondary N) is 1. The first-order valence-electron chi connectivity index (χ1n) is 6.57. The fraction of sp³-hybridized carbons (Fsp3) is 0.429. The van der Waals surface area contributed by atoms with Gasteiger partial charge < -0.3 is 15.3 Å². The highest BCUT2D eigenvalue weighted by Gasteiger charge is 2.27. The monoisotopic (exact) mass is 294 g/mol. The van der Waals surface area contributed by atoms with Crippen molar-refractivity contribution in [1.29, 1.82) is 0 Å². The summed E-state index contributed by atoms with van der Waals surface area (Å²) in [4.78, 5) is 25.1. The Hall–Kier alpha value is -1.69. The van der Waals surface area contributed by atoms with Gasteiger partial charge in [-0.3, -0.25) is 4.79 Å². The van der Waals surface area contributed by atoms with E-state index in [0.717, 1.165) is 17.1 Å². The van der Waals surface area contributed by atoms with Gasteiger partial charge in [-0.1, -0.05) is 30.3 Å². The maximum absolute atomic E-state index is 12.4. The molecule has 2 amide bonds. The number of hydrogen-bond acceptors (Lipinski definition) is 3. The number of rotatable bonds is 4. The third-order valence-electron chi connectivity index (χ3n) is 3.20. The molecule has 5 nitrogen and oxygen atoms in total. The van der Waals surface area contributed by atoms with Gasteiger partial charge >= 0.3 is 6.09 Å². The lowest BCUT2D eigenvalue weighted by Gasteiger charge is -2.30. The fourth-order valence-electron chi connectivity index (χ4n) is 2.20. The molecule has 1 heterocycles. The molecule has 0 aliphatic carbocycles. The molecule has 1 aromatic carbocycles. The number of carbonyl (C=O) groups is 2. The first-order valence-corrected chi connectivity index (χ1v) is 7.72. The smallest absolute Gasteiger partial charge is 0.405 e. The lowest BCUT2D eigenvalue weighted by Crippen LogP contribution is -2.51. The fourth-order valence-corrected chi connectivity index (χ4v) is 3.11. The van der Waals surface area contributed by atoms with Gasteiger partial charge in [0.1, 0.15) is 6.04 Å². The van der Waals surface area contributed by atoms with E-state index in [2.05, 4.69) is 5.32 Å². The molecular formula is C14H18N2O3S. The summed E-state index contributed by atoms with van der Waals surface area (Å²) < 4.78 is 0. The van der Waals surface area contributed by atoms with Crippen LogP contribution >= 0.6 is 11.8 Å². The molecule has 2 rings (SSSR count). The minimum atomic E-state index is -1.16. The first-order chi connectivity index (χ1) is 9.66. The van der Waals surface area contributed by atoms with Gasteiger partial charge in [-0.15, -0.1) is 0 Å². The van der Waals surface area contributed by atoms with E-state index in [4.69, 9.17) is 5.11 Å². The van der Waals surface area contributed by atoms with E-state index in [-0.39, 0.29) is 5.91 Å². The van der Waals surface area contributed by atoms with Gasteiger partial charge in [-0.2, -0.15) is 11.8 Å². The van der Waals surface area contributed by atoms with Crippen LogP contribution in [0, 0.1) is 0 Å². The Kier molecular flexibility index (Phi) is 5.29. The molecule has 1 aliphatic rings. The summed E-state index contributed by atoms with van der Waals surface area (Å²) in [6.45, 7) is 1.38. The molecular weight excluding hydrogens is 276 g/mol. The number of carbonyl (C=O) groups excluding carboxylic acids is 1. The summed E-state index contributed by atoms with van der Waals surface area (Å²) in [5.41, 5.74) is 0.950. The molecule has 0 aromatic heterocycles. The summed E-state index contributed by atoms with van der Waals surface area (Å²) in [6, 6.07) is 8.75. The summed E-state index contributed by atoms with van der Waals surface area (Å²) in [7, 11) is 0. The summed E-state index contributed by atoms with van der Waals surface area (Å²) in [5, 5.41) is 11.3. The molecule has 0 spiro atoms. The quantitative estimate of drug-likeness (QED) is 0.881. The average molecular weight is 294 g/mol. The molecule has 0 saturated carbocycles. The highest BCUT2D eigenvalue weighted by Crippen LogP contribution is 2.12. The minimum Gasteiger partial charge on any atom is -0.465 e. The Morgan fingerprint density at radius 3 is 2.50 bits per heavy atom. The van der Waals surface area contributed by atoms with E-state index < -0.39 is 12.1 Å². The SMILES string of the molecule is O=C(O)NC(Cc1ccccc1)C(=O)N1CCSCC1. The van der Waals surface area contributed by atoms with Crippen molar-refractivity contribution in [2.24, 2.45) is 0 Å². The van der Waals surface area contributed by atoms with E-state index >= 15 is 0 Å². The van der Waals surface area contributed by atoms with Gasteiger partial charge in [0.2, 0.25) is 5.91 Å². The van der Waals surface area contributed by atoms with Crippen molar-refractivity contribution in [2.75, 3.05) is 24.6 Å². The van der Waals surface area contributed by atoms with Crippen LogP contribution in [0.5, 0.6) is 0 Å². The highest BCUT2D eigenvalue weighted by molar-refractivity contribution is 7.99. The molecule has 2 N–H and O–H groups in total. The summed E-state index contributed by atoms with van der Waals surface area (Å²) in [6.07, 6.45) is -0.777. The van der Waals surface area contributed by atoms with Crippen molar-refractivity contribution in [1.82, 2.24) is 10.2 Å². The number of benzene rings is 1. The van der Waals surface area contributed by atoms with Crippen LogP contribution in [0.2, 0.25) is 0 Å². The number of carboxylic acid groups (broad SMARTS) is 1. The van der Waals surface area contributed by atoms with Gasteiger partial charge in [0.05, 0.1) is 0 Å². The maximum Gasteiger partial charge on any atom is 0.405 e. The molecule has 1 atom stereocenters. The van der Waals surface area contributed by atoms with Crippen LogP contribution in [-0.4, -0.2) is 52.6 Å². The van der Waals surface area contributed by atoms with Gasteiger partial charge in [0.25, 0.3) is 0 Å². The van der Waals surface area contributed by atoms with Crippen LogP contribution in [0.25, 0.3) is 0 Å². The lowest BCUT2D eigenvalue weighted by molar-refractivity contribution is -0.132. The Bertz CT molecular complexity index is 461. The van der Waals surface area contributed by atoms with Crippen LogP contribution < -0.4 is 5.32 Å². The first kappa shape index (κ1) is 14.7. The molecule has 20 heavy (non-hydrogen) atoms. The van der Waals surface area contributed by atoms with Gasteiger partial charge in [-0.25, -0.2) is 4.79 Å². The summed E-state index contributed by atoms with van der Waals surface area (Å²) in [5.74, 6) is 1.70. The average Bonchev–Trinajstić information content (AvgIpc) is 2.47. The normalized spacial score (nSPS) is 16.5. The number of nitrogens with zero attached hydrogens (tertiary/aromatic N) is 1. The van der Waals surface area contributed by atoms with E-state index in [1.165, 1.54) is 0 Å². The second-order valence-corrected chi connectivity index (χ2v) is 5.85. The molecule has 0 bridgehead atoms. The molecule has 1 fully saturated rings. The number of amides is 2. The Balaban J connectivity index is 2.05.